The molecule has 1 aromatic rings. The van der Waals surface area contributed by atoms with Crippen LogP contribution in [0.4, 0.5) is 5.69 Å². The number of hydrogen-bond donors (Lipinski definition) is 1. The highest BCUT2D eigenvalue weighted by atomic mass is 16.6. The number of benzene rings is 1. The summed E-state index contributed by atoms with van der Waals surface area (Å²) in [5.41, 5.74) is 4.37. The lowest BCUT2D eigenvalue weighted by Gasteiger charge is -2.41. The van der Waals surface area contributed by atoms with Crippen LogP contribution in [0.1, 0.15) is 40.2 Å². The number of para-hydroxylation sites is 1. The van der Waals surface area contributed by atoms with E-state index in [0.717, 1.165) is 0 Å². The Labute approximate surface area is 187 Å². The summed E-state index contributed by atoms with van der Waals surface area (Å²) in [6.45, 7) is 12.3. The Morgan fingerprint density at radius 2 is 1.88 bits per heavy atom. The zero-order valence-electron chi connectivity index (χ0n) is 19.0. The van der Waals surface area contributed by atoms with Gasteiger partial charge in [-0.05, 0) is 40.7 Å². The molecule has 3 rings (SSSR count). The number of cyclic esters (lactones) is 1. The first-order valence-electron chi connectivity index (χ1n) is 10.3. The molecule has 0 amide bonds. The van der Waals surface area contributed by atoms with Crippen LogP contribution in [0.2, 0.25) is 0 Å². The van der Waals surface area contributed by atoms with Crippen molar-refractivity contribution >= 4 is 23.6 Å². The average Bonchev–Trinajstić information content (AvgIpc) is 2.94. The van der Waals surface area contributed by atoms with Crippen LogP contribution in [0, 0.1) is 0 Å². The van der Waals surface area contributed by atoms with Gasteiger partial charge in [0.05, 0.1) is 6.61 Å². The van der Waals surface area contributed by atoms with Gasteiger partial charge >= 0.3 is 17.9 Å². The monoisotopic (exact) mass is 440 g/mol. The van der Waals surface area contributed by atoms with E-state index in [1.54, 1.807) is 62.9 Å². The van der Waals surface area contributed by atoms with E-state index in [9.17, 15) is 14.4 Å². The minimum absolute atomic E-state index is 0.0187. The van der Waals surface area contributed by atoms with E-state index in [4.69, 9.17) is 19.9 Å². The van der Waals surface area contributed by atoms with Crippen LogP contribution < -0.4 is 10.6 Å². The zero-order valence-corrected chi connectivity index (χ0v) is 19.0. The Kier molecular flexibility index (Phi) is 5.91. The van der Waals surface area contributed by atoms with Crippen molar-refractivity contribution in [1.82, 2.24) is 0 Å². The molecule has 32 heavy (non-hydrogen) atoms. The first-order valence-corrected chi connectivity index (χ1v) is 10.3. The molecule has 1 spiro atoms. The number of carbonyl (C=O) groups excluding carboxylic acids is 3. The number of allylic oxidation sites excluding steroid dienone is 1. The summed E-state index contributed by atoms with van der Waals surface area (Å²) >= 11 is 0. The van der Waals surface area contributed by atoms with E-state index in [1.807, 2.05) is 0 Å². The lowest BCUT2D eigenvalue weighted by atomic mass is 9.66. The van der Waals surface area contributed by atoms with Crippen molar-refractivity contribution in [3.05, 3.63) is 65.2 Å². The molecule has 1 aromatic carbocycles. The number of nitrogens with zero attached hydrogens (tertiary/aromatic N) is 1. The van der Waals surface area contributed by atoms with Gasteiger partial charge in [0.1, 0.15) is 28.3 Å². The van der Waals surface area contributed by atoms with Crippen LogP contribution in [0.15, 0.2) is 59.6 Å². The quantitative estimate of drug-likeness (QED) is 0.423. The summed E-state index contributed by atoms with van der Waals surface area (Å²) < 4.78 is 16.4. The molecule has 2 aliphatic rings. The summed E-state index contributed by atoms with van der Waals surface area (Å²) in [6, 6.07) is 6.91. The van der Waals surface area contributed by atoms with Crippen molar-refractivity contribution in [2.45, 2.75) is 45.6 Å². The van der Waals surface area contributed by atoms with Crippen molar-refractivity contribution < 1.29 is 28.6 Å². The third kappa shape index (κ3) is 3.45. The van der Waals surface area contributed by atoms with Crippen molar-refractivity contribution in [1.29, 1.82) is 0 Å². The Hall–Kier alpha value is -3.55. The van der Waals surface area contributed by atoms with Gasteiger partial charge in [-0.2, -0.15) is 0 Å². The maximum Gasteiger partial charge on any atom is 0.339 e. The fourth-order valence-electron chi connectivity index (χ4n) is 4.13. The normalized spacial score (nSPS) is 20.3. The van der Waals surface area contributed by atoms with Gasteiger partial charge in [-0.1, -0.05) is 24.3 Å². The van der Waals surface area contributed by atoms with Crippen molar-refractivity contribution in [3.63, 3.8) is 0 Å². The molecule has 0 fully saturated rings. The van der Waals surface area contributed by atoms with Crippen LogP contribution in [0.25, 0.3) is 0 Å². The maximum atomic E-state index is 13.5. The Morgan fingerprint density at radius 3 is 2.47 bits per heavy atom. The maximum absolute atomic E-state index is 13.5. The van der Waals surface area contributed by atoms with Crippen LogP contribution in [0.3, 0.4) is 0 Å². The topological polar surface area (TPSA) is 108 Å². The molecule has 2 heterocycles. The fourth-order valence-corrected chi connectivity index (χ4v) is 4.13. The highest BCUT2D eigenvalue weighted by Gasteiger charge is 2.63. The van der Waals surface area contributed by atoms with Gasteiger partial charge in [-0.3, -0.25) is 0 Å². The Morgan fingerprint density at radius 1 is 1.22 bits per heavy atom. The van der Waals surface area contributed by atoms with Crippen LogP contribution in [-0.4, -0.2) is 36.7 Å². The zero-order chi connectivity index (χ0) is 23.8. The predicted octanol–water partition coefficient (Wildman–Crippen LogP) is 2.84. The number of hydrogen-bond acceptors (Lipinski definition) is 8. The Balaban J connectivity index is 2.42. The molecule has 2 N–H and O–H groups in total. The van der Waals surface area contributed by atoms with Crippen LogP contribution in [0.5, 0.6) is 0 Å². The van der Waals surface area contributed by atoms with Gasteiger partial charge in [0.2, 0.25) is 0 Å². The van der Waals surface area contributed by atoms with Crippen molar-refractivity contribution in [2.24, 2.45) is 5.73 Å². The fraction of sp³-hybridized carbons (Fsp3) is 0.375. The molecule has 2 aliphatic heterocycles. The summed E-state index contributed by atoms with van der Waals surface area (Å²) in [5.74, 6) is -2.38. The van der Waals surface area contributed by atoms with E-state index in [-0.39, 0.29) is 35.9 Å². The summed E-state index contributed by atoms with van der Waals surface area (Å²) in [7, 11) is 0. The number of rotatable bonds is 5. The second kappa shape index (κ2) is 8.18. The molecule has 8 nitrogen and oxygen atoms in total. The van der Waals surface area contributed by atoms with Crippen LogP contribution >= 0.6 is 0 Å². The van der Waals surface area contributed by atoms with Gasteiger partial charge < -0.3 is 24.8 Å². The molecule has 8 heteroatoms. The first-order chi connectivity index (χ1) is 15.0. The van der Waals surface area contributed by atoms with Gasteiger partial charge in [0.15, 0.2) is 5.41 Å². The molecule has 170 valence electrons. The lowest BCUT2D eigenvalue weighted by molar-refractivity contribution is -0.152. The average molecular weight is 440 g/mol. The Bertz CT molecular complexity index is 1060. The highest BCUT2D eigenvalue weighted by molar-refractivity contribution is 6.16. The standard InChI is InChI=1S/C24H28N2O6/c1-7-13-26-16-12-10-9-11-15(16)24(18(19(26)25)20(27)30-8-2)17(14(3)31-22(24)29)21(28)32-23(4,5)6/h7,9-12H,1,8,13,25H2,2-6H3/t24-/m0/s1. The first kappa shape index (κ1) is 23.1. The number of ether oxygens (including phenoxy) is 3. The van der Waals surface area contributed by atoms with Gasteiger partial charge in [-0.15, -0.1) is 6.58 Å². The number of anilines is 1. The molecule has 0 unspecified atom stereocenters. The largest absolute Gasteiger partial charge is 0.462 e. The molecular weight excluding hydrogens is 412 g/mol. The minimum Gasteiger partial charge on any atom is -0.462 e. The van der Waals surface area contributed by atoms with Crippen molar-refractivity contribution in [3.8, 4) is 0 Å². The van der Waals surface area contributed by atoms with Gasteiger partial charge in [0, 0.05) is 17.8 Å². The van der Waals surface area contributed by atoms with E-state index >= 15 is 0 Å². The number of fused-ring (bicyclic) bond motifs is 2. The molecule has 0 radical (unpaired) electrons. The van der Waals surface area contributed by atoms with Gasteiger partial charge in [0.25, 0.3) is 0 Å². The molecular formula is C24H28N2O6. The van der Waals surface area contributed by atoms with E-state index < -0.39 is 28.9 Å². The third-order valence-electron chi connectivity index (χ3n) is 5.19. The van der Waals surface area contributed by atoms with E-state index in [2.05, 4.69) is 6.58 Å². The summed E-state index contributed by atoms with van der Waals surface area (Å²) in [6.07, 6.45) is 1.62. The lowest BCUT2D eigenvalue weighted by Crippen LogP contribution is -2.51. The smallest absolute Gasteiger partial charge is 0.339 e. The summed E-state index contributed by atoms with van der Waals surface area (Å²) in [4.78, 5) is 41.8. The predicted molar refractivity (Wildman–Crippen MR) is 118 cm³/mol. The molecule has 1 atom stereocenters. The molecule has 0 aliphatic carbocycles. The number of carbonyl (C=O) groups is 3. The van der Waals surface area contributed by atoms with Gasteiger partial charge in [-0.25, -0.2) is 14.4 Å². The highest BCUT2D eigenvalue weighted by Crippen LogP contribution is 2.54. The molecule has 0 aromatic heterocycles. The SMILES string of the molecule is C=CCN1C(N)=C(C(=O)OCC)[C@]2(C(=O)OC(C)=C2C(=O)OC(C)(C)C)c2ccccc21. The van der Waals surface area contributed by atoms with Crippen LogP contribution in [-0.2, 0) is 34.0 Å². The summed E-state index contributed by atoms with van der Waals surface area (Å²) in [5, 5.41) is 0. The minimum atomic E-state index is -1.92. The van der Waals surface area contributed by atoms with E-state index in [0.29, 0.717) is 11.3 Å². The second-order valence-corrected chi connectivity index (χ2v) is 8.47. The molecule has 0 saturated heterocycles. The van der Waals surface area contributed by atoms with Crippen molar-refractivity contribution in [2.75, 3.05) is 18.1 Å². The third-order valence-corrected chi connectivity index (χ3v) is 5.19. The van der Waals surface area contributed by atoms with E-state index in [1.165, 1.54) is 6.92 Å². The molecule has 0 saturated carbocycles. The number of esters is 3. The molecule has 0 bridgehead atoms. The number of nitrogens with two attached hydrogens (primary N) is 1. The second-order valence-electron chi connectivity index (χ2n) is 8.47.